The molecule has 3 heterocycles. The second-order valence-corrected chi connectivity index (χ2v) is 6.65. The van der Waals surface area contributed by atoms with Gasteiger partial charge in [0.25, 0.3) is 5.91 Å². The molecule has 30 heavy (non-hydrogen) atoms. The van der Waals surface area contributed by atoms with E-state index >= 15 is 0 Å². The summed E-state index contributed by atoms with van der Waals surface area (Å²) in [5.74, 6) is 1.09. The molecular formula is C21H16N8O. The Bertz CT molecular complexity index is 1350. The minimum Gasteiger partial charge on any atom is -0.322 e. The summed E-state index contributed by atoms with van der Waals surface area (Å²) in [7, 11) is 0. The zero-order valence-corrected chi connectivity index (χ0v) is 16.0. The van der Waals surface area contributed by atoms with E-state index in [1.54, 1.807) is 41.5 Å². The monoisotopic (exact) mass is 396 g/mol. The van der Waals surface area contributed by atoms with Crippen molar-refractivity contribution in [2.75, 3.05) is 5.32 Å². The van der Waals surface area contributed by atoms with Crippen molar-refractivity contribution in [3.63, 3.8) is 0 Å². The third kappa shape index (κ3) is 3.18. The molecule has 0 aliphatic heterocycles. The lowest BCUT2D eigenvalue weighted by Gasteiger charge is -2.08. The summed E-state index contributed by atoms with van der Waals surface area (Å²) < 4.78 is 3.48. The van der Waals surface area contributed by atoms with Crippen molar-refractivity contribution < 1.29 is 4.79 Å². The molecular weight excluding hydrogens is 380 g/mol. The van der Waals surface area contributed by atoms with Gasteiger partial charge in [0.2, 0.25) is 0 Å². The number of hydrogen-bond donors (Lipinski definition) is 1. The number of benzene rings is 2. The van der Waals surface area contributed by atoms with Crippen LogP contribution in [0.3, 0.4) is 0 Å². The van der Waals surface area contributed by atoms with Crippen molar-refractivity contribution in [2.45, 2.75) is 6.92 Å². The first kappa shape index (κ1) is 17.7. The standard InChI is InChI=1S/C21H16N8O/c1-14-25-26-27-29(14)17-6-4-5-16(11-17)24-21(30)15-9-10-20(22-12-15)28-13-23-18-7-2-3-8-19(18)28/h2-13H,1H3,(H,24,30). The number of nitrogens with one attached hydrogen (secondary N) is 1. The van der Waals surface area contributed by atoms with Gasteiger partial charge >= 0.3 is 0 Å². The molecule has 0 spiro atoms. The summed E-state index contributed by atoms with van der Waals surface area (Å²) in [6, 6.07) is 18.7. The number of amides is 1. The normalized spacial score (nSPS) is 11.0. The van der Waals surface area contributed by atoms with Crippen LogP contribution in [-0.4, -0.2) is 40.6 Å². The van der Waals surface area contributed by atoms with Gasteiger partial charge in [-0.2, -0.15) is 4.68 Å². The third-order valence-electron chi connectivity index (χ3n) is 4.68. The summed E-state index contributed by atoms with van der Waals surface area (Å²) in [5.41, 5.74) is 3.69. The van der Waals surface area contributed by atoms with Crippen LogP contribution in [-0.2, 0) is 0 Å². The number of hydrogen-bond acceptors (Lipinski definition) is 6. The predicted molar refractivity (Wildman–Crippen MR) is 111 cm³/mol. The van der Waals surface area contributed by atoms with Crippen LogP contribution < -0.4 is 5.32 Å². The first-order valence-corrected chi connectivity index (χ1v) is 9.24. The summed E-state index contributed by atoms with van der Waals surface area (Å²) in [6.45, 7) is 1.81. The molecule has 0 unspecified atom stereocenters. The molecule has 0 radical (unpaired) electrons. The molecule has 0 saturated heterocycles. The molecule has 146 valence electrons. The van der Waals surface area contributed by atoms with Crippen molar-refractivity contribution in [3.8, 4) is 11.5 Å². The van der Waals surface area contributed by atoms with E-state index in [-0.39, 0.29) is 5.91 Å². The Labute approximate surface area is 171 Å². The zero-order chi connectivity index (χ0) is 20.5. The van der Waals surface area contributed by atoms with E-state index in [1.165, 1.54) is 0 Å². The Morgan fingerprint density at radius 1 is 1.00 bits per heavy atom. The van der Waals surface area contributed by atoms with Gasteiger partial charge in [-0.1, -0.05) is 18.2 Å². The third-order valence-corrected chi connectivity index (χ3v) is 4.68. The van der Waals surface area contributed by atoms with Crippen LogP contribution >= 0.6 is 0 Å². The number of fused-ring (bicyclic) bond motifs is 1. The average Bonchev–Trinajstić information content (AvgIpc) is 3.40. The number of aromatic nitrogens is 7. The molecule has 9 nitrogen and oxygen atoms in total. The number of aryl methyl sites for hydroxylation is 1. The highest BCUT2D eigenvalue weighted by Gasteiger charge is 2.10. The van der Waals surface area contributed by atoms with E-state index in [0.29, 0.717) is 22.9 Å². The number of tetrazole rings is 1. The maximum absolute atomic E-state index is 12.7. The van der Waals surface area contributed by atoms with Crippen LogP contribution in [0.25, 0.3) is 22.5 Å². The molecule has 0 atom stereocenters. The Kier molecular flexibility index (Phi) is 4.25. The molecule has 1 N–H and O–H groups in total. The number of nitrogens with zero attached hydrogens (tertiary/aromatic N) is 7. The number of carbonyl (C=O) groups excluding carboxylic acids is 1. The van der Waals surface area contributed by atoms with Gasteiger partial charge in [0, 0.05) is 11.9 Å². The van der Waals surface area contributed by atoms with E-state index in [9.17, 15) is 4.79 Å². The second-order valence-electron chi connectivity index (χ2n) is 6.65. The number of anilines is 1. The number of carbonyl (C=O) groups is 1. The summed E-state index contributed by atoms with van der Waals surface area (Å²) >= 11 is 0. The molecule has 5 rings (SSSR count). The van der Waals surface area contributed by atoms with Crippen molar-refractivity contribution in [1.82, 2.24) is 34.7 Å². The number of imidazole rings is 1. The Morgan fingerprint density at radius 3 is 2.70 bits per heavy atom. The van der Waals surface area contributed by atoms with Crippen LogP contribution in [0.15, 0.2) is 73.2 Å². The fourth-order valence-corrected chi connectivity index (χ4v) is 3.19. The van der Waals surface area contributed by atoms with Crippen molar-refractivity contribution in [1.29, 1.82) is 0 Å². The highest BCUT2D eigenvalue weighted by molar-refractivity contribution is 6.04. The van der Waals surface area contributed by atoms with E-state index in [4.69, 9.17) is 0 Å². The second kappa shape index (κ2) is 7.21. The fraction of sp³-hybridized carbons (Fsp3) is 0.0476. The minimum atomic E-state index is -0.255. The summed E-state index contributed by atoms with van der Waals surface area (Å²) in [4.78, 5) is 21.5. The highest BCUT2D eigenvalue weighted by Crippen LogP contribution is 2.18. The van der Waals surface area contributed by atoms with Gasteiger partial charge in [0.15, 0.2) is 5.82 Å². The predicted octanol–water partition coefficient (Wildman–Crippen LogP) is 2.96. The van der Waals surface area contributed by atoms with Gasteiger partial charge in [-0.05, 0) is 59.8 Å². The molecule has 9 heteroatoms. The lowest BCUT2D eigenvalue weighted by molar-refractivity contribution is 0.102. The van der Waals surface area contributed by atoms with E-state index < -0.39 is 0 Å². The molecule has 2 aromatic carbocycles. The number of pyridine rings is 1. The molecule has 0 saturated carbocycles. The Balaban J connectivity index is 1.37. The summed E-state index contributed by atoms with van der Waals surface area (Å²) in [5, 5.41) is 14.4. The SMILES string of the molecule is Cc1nnnn1-c1cccc(NC(=O)c2ccc(-n3cnc4ccccc43)nc2)c1. The molecule has 0 fully saturated rings. The topological polar surface area (TPSA) is 103 Å². The van der Waals surface area contributed by atoms with E-state index in [1.807, 2.05) is 47.9 Å². The van der Waals surface area contributed by atoms with Crippen LogP contribution in [0, 0.1) is 6.92 Å². The minimum absolute atomic E-state index is 0.255. The van der Waals surface area contributed by atoms with Gasteiger partial charge in [0.1, 0.15) is 12.1 Å². The van der Waals surface area contributed by atoms with Gasteiger partial charge in [0.05, 0.1) is 22.3 Å². The van der Waals surface area contributed by atoms with Crippen molar-refractivity contribution >= 4 is 22.6 Å². The maximum atomic E-state index is 12.7. The lowest BCUT2D eigenvalue weighted by Crippen LogP contribution is -2.13. The Morgan fingerprint density at radius 2 is 1.90 bits per heavy atom. The largest absolute Gasteiger partial charge is 0.322 e. The molecule has 0 aliphatic rings. The lowest BCUT2D eigenvalue weighted by atomic mass is 10.2. The maximum Gasteiger partial charge on any atom is 0.257 e. The van der Waals surface area contributed by atoms with Gasteiger partial charge in [-0.3, -0.25) is 9.36 Å². The van der Waals surface area contributed by atoms with Gasteiger partial charge in [-0.15, -0.1) is 5.10 Å². The molecule has 0 aliphatic carbocycles. The van der Waals surface area contributed by atoms with Crippen molar-refractivity contribution in [3.05, 3.63) is 84.6 Å². The first-order chi connectivity index (χ1) is 14.7. The molecule has 3 aromatic heterocycles. The van der Waals surface area contributed by atoms with Crippen molar-refractivity contribution in [2.24, 2.45) is 0 Å². The van der Waals surface area contributed by atoms with Crippen LogP contribution in [0.4, 0.5) is 5.69 Å². The molecule has 1 amide bonds. The first-order valence-electron chi connectivity index (χ1n) is 9.24. The average molecular weight is 396 g/mol. The smallest absolute Gasteiger partial charge is 0.257 e. The van der Waals surface area contributed by atoms with Crippen LogP contribution in [0.1, 0.15) is 16.2 Å². The quantitative estimate of drug-likeness (QED) is 0.501. The van der Waals surface area contributed by atoms with Gasteiger partial charge < -0.3 is 5.32 Å². The van der Waals surface area contributed by atoms with E-state index in [0.717, 1.165) is 16.7 Å². The van der Waals surface area contributed by atoms with Gasteiger partial charge in [-0.25, -0.2) is 9.97 Å². The number of rotatable bonds is 4. The fourth-order valence-electron chi connectivity index (χ4n) is 3.19. The summed E-state index contributed by atoms with van der Waals surface area (Å²) in [6.07, 6.45) is 3.27. The zero-order valence-electron chi connectivity index (χ0n) is 16.0. The van der Waals surface area contributed by atoms with Crippen LogP contribution in [0.2, 0.25) is 0 Å². The Hall–Kier alpha value is -4.40. The molecule has 5 aromatic rings. The van der Waals surface area contributed by atoms with Crippen LogP contribution in [0.5, 0.6) is 0 Å². The molecule has 0 bridgehead atoms. The number of para-hydroxylation sites is 2. The highest BCUT2D eigenvalue weighted by atomic mass is 16.1. The van der Waals surface area contributed by atoms with E-state index in [2.05, 4.69) is 30.8 Å².